The van der Waals surface area contributed by atoms with Gasteiger partial charge in [0.05, 0.1) is 0 Å². The number of alkyl halides is 1. The number of halogens is 1. The molecule has 0 aliphatic carbocycles. The second-order valence-corrected chi connectivity index (χ2v) is 7.23. The predicted octanol–water partition coefficient (Wildman–Crippen LogP) is 4.30. The largest absolute Gasteiger partial charge is 0.299 e. The summed E-state index contributed by atoms with van der Waals surface area (Å²) in [7, 11) is 0. The minimum absolute atomic E-state index is 0.667. The van der Waals surface area contributed by atoms with Gasteiger partial charge in [0, 0.05) is 11.4 Å². The molecule has 1 nitrogen and oxygen atoms in total. The highest BCUT2D eigenvalue weighted by atomic mass is 79.9. The molecule has 0 saturated carbocycles. The number of piperidine rings is 1. The van der Waals surface area contributed by atoms with Gasteiger partial charge in [-0.15, -0.1) is 0 Å². The summed E-state index contributed by atoms with van der Waals surface area (Å²) in [6.45, 7) is 10.3. The number of nitrogens with zero attached hydrogens (tertiary/aromatic N) is 1. The number of aryl methyl sites for hydroxylation is 2. The maximum absolute atomic E-state index is 3.72. The van der Waals surface area contributed by atoms with Crippen molar-refractivity contribution in [3.05, 3.63) is 34.9 Å². The lowest BCUT2D eigenvalue weighted by molar-refractivity contribution is 0.178. The van der Waals surface area contributed by atoms with Crippen molar-refractivity contribution in [3.8, 4) is 0 Å². The highest BCUT2D eigenvalue weighted by molar-refractivity contribution is 9.09. The van der Waals surface area contributed by atoms with Gasteiger partial charge in [0.25, 0.3) is 0 Å². The van der Waals surface area contributed by atoms with Crippen molar-refractivity contribution in [3.63, 3.8) is 0 Å². The third-order valence-electron chi connectivity index (χ3n) is 3.97. The molecular weight excluding hydrogens is 286 g/mol. The first-order valence-corrected chi connectivity index (χ1v) is 7.90. The molecule has 1 heterocycles. The second-order valence-electron chi connectivity index (χ2n) is 5.79. The van der Waals surface area contributed by atoms with E-state index in [4.69, 9.17) is 0 Å². The van der Waals surface area contributed by atoms with E-state index in [-0.39, 0.29) is 0 Å². The molecule has 0 aromatic heterocycles. The van der Waals surface area contributed by atoms with Crippen LogP contribution in [0.5, 0.6) is 0 Å². The minimum atomic E-state index is 0.667. The lowest BCUT2D eigenvalue weighted by Gasteiger charge is -2.33. The molecule has 0 bridgehead atoms. The van der Waals surface area contributed by atoms with E-state index < -0.39 is 0 Å². The summed E-state index contributed by atoms with van der Waals surface area (Å²) in [5, 5.41) is 0. The van der Waals surface area contributed by atoms with Crippen molar-refractivity contribution in [1.29, 1.82) is 0 Å². The van der Waals surface area contributed by atoms with Crippen LogP contribution in [-0.2, 0) is 6.54 Å². The van der Waals surface area contributed by atoms with E-state index in [0.717, 1.165) is 12.5 Å². The van der Waals surface area contributed by atoms with Gasteiger partial charge in [0.15, 0.2) is 0 Å². The lowest BCUT2D eigenvalue weighted by Crippen LogP contribution is -2.35. The van der Waals surface area contributed by atoms with Crippen LogP contribution < -0.4 is 0 Å². The van der Waals surface area contributed by atoms with Crippen molar-refractivity contribution in [2.75, 3.05) is 13.1 Å². The Balaban J connectivity index is 1.91. The molecule has 1 aromatic rings. The van der Waals surface area contributed by atoms with Crippen LogP contribution in [0.2, 0.25) is 0 Å². The molecule has 1 atom stereocenters. The Hall–Kier alpha value is -0.340. The molecule has 0 spiro atoms. The summed E-state index contributed by atoms with van der Waals surface area (Å²) in [6, 6.07) is 6.90. The quantitative estimate of drug-likeness (QED) is 0.753. The standard InChI is InChI=1S/C16H24BrN/c1-12-8-13(2)10-15(9-12)11-18-6-4-16(5-7-18)14(3)17/h8-10,14,16H,4-7,11H2,1-3H3. The third-order valence-corrected chi connectivity index (χ3v) is 4.72. The van der Waals surface area contributed by atoms with Crippen molar-refractivity contribution in [2.24, 2.45) is 5.92 Å². The Bertz CT molecular complexity index is 372. The maximum atomic E-state index is 3.72. The fraction of sp³-hybridized carbons (Fsp3) is 0.625. The molecule has 1 aliphatic rings. The average molecular weight is 310 g/mol. The van der Waals surface area contributed by atoms with Crippen molar-refractivity contribution >= 4 is 15.9 Å². The zero-order chi connectivity index (χ0) is 13.1. The molecule has 0 radical (unpaired) electrons. The first-order valence-electron chi connectivity index (χ1n) is 6.98. The Kier molecular flexibility index (Phi) is 4.85. The monoisotopic (exact) mass is 309 g/mol. The van der Waals surface area contributed by atoms with Gasteiger partial charge >= 0.3 is 0 Å². The first-order chi connectivity index (χ1) is 8.54. The molecule has 1 saturated heterocycles. The van der Waals surface area contributed by atoms with Crippen molar-refractivity contribution < 1.29 is 0 Å². The first kappa shape index (κ1) is 14.1. The van der Waals surface area contributed by atoms with Gasteiger partial charge in [0.2, 0.25) is 0 Å². The van der Waals surface area contributed by atoms with E-state index in [9.17, 15) is 0 Å². The van der Waals surface area contributed by atoms with Crippen LogP contribution in [-0.4, -0.2) is 22.8 Å². The molecule has 1 fully saturated rings. The normalized spacial score (nSPS) is 20.0. The van der Waals surface area contributed by atoms with Crippen LogP contribution in [0.3, 0.4) is 0 Å². The molecule has 2 heteroatoms. The van der Waals surface area contributed by atoms with Gasteiger partial charge in [-0.3, -0.25) is 4.90 Å². The fourth-order valence-corrected chi connectivity index (χ4v) is 3.52. The summed E-state index contributed by atoms with van der Waals surface area (Å²) in [5.74, 6) is 0.862. The molecule has 0 amide bonds. The topological polar surface area (TPSA) is 3.24 Å². The van der Waals surface area contributed by atoms with Gasteiger partial charge in [-0.2, -0.15) is 0 Å². The molecule has 1 aliphatic heterocycles. The Labute approximate surface area is 120 Å². The van der Waals surface area contributed by atoms with E-state index in [2.05, 4.69) is 59.8 Å². The van der Waals surface area contributed by atoms with Gasteiger partial charge in [-0.05, 0) is 51.3 Å². The molecule has 2 rings (SSSR count). The van der Waals surface area contributed by atoms with E-state index in [0.29, 0.717) is 4.83 Å². The molecule has 100 valence electrons. The summed E-state index contributed by atoms with van der Waals surface area (Å²) in [6.07, 6.45) is 2.66. The third kappa shape index (κ3) is 3.83. The van der Waals surface area contributed by atoms with Crippen LogP contribution in [0.4, 0.5) is 0 Å². The smallest absolute Gasteiger partial charge is 0.0233 e. The number of likely N-dealkylation sites (tertiary alicyclic amines) is 1. The van der Waals surface area contributed by atoms with Crippen LogP contribution in [0, 0.1) is 19.8 Å². The van der Waals surface area contributed by atoms with Crippen molar-refractivity contribution in [1.82, 2.24) is 4.90 Å². The highest BCUT2D eigenvalue weighted by Gasteiger charge is 2.22. The zero-order valence-corrected chi connectivity index (χ0v) is 13.3. The van der Waals surface area contributed by atoms with Gasteiger partial charge < -0.3 is 0 Å². The van der Waals surface area contributed by atoms with E-state index >= 15 is 0 Å². The van der Waals surface area contributed by atoms with Crippen LogP contribution in [0.1, 0.15) is 36.5 Å². The summed E-state index contributed by atoms with van der Waals surface area (Å²) in [4.78, 5) is 3.26. The van der Waals surface area contributed by atoms with E-state index in [1.54, 1.807) is 0 Å². The SMILES string of the molecule is Cc1cc(C)cc(CN2CCC(C(C)Br)CC2)c1. The Morgan fingerprint density at radius 1 is 1.17 bits per heavy atom. The molecule has 1 aromatic carbocycles. The minimum Gasteiger partial charge on any atom is -0.299 e. The van der Waals surface area contributed by atoms with E-state index in [1.807, 2.05) is 0 Å². The van der Waals surface area contributed by atoms with Crippen LogP contribution in [0.15, 0.2) is 18.2 Å². The van der Waals surface area contributed by atoms with Gasteiger partial charge in [-0.1, -0.05) is 52.2 Å². The fourth-order valence-electron chi connectivity index (χ4n) is 2.99. The van der Waals surface area contributed by atoms with Crippen LogP contribution >= 0.6 is 15.9 Å². The van der Waals surface area contributed by atoms with Gasteiger partial charge in [-0.25, -0.2) is 0 Å². The number of benzene rings is 1. The summed E-state index contributed by atoms with van der Waals surface area (Å²) in [5.41, 5.74) is 4.24. The van der Waals surface area contributed by atoms with Crippen LogP contribution in [0.25, 0.3) is 0 Å². The lowest BCUT2D eigenvalue weighted by atomic mass is 9.94. The molecule has 0 N–H and O–H groups in total. The molecule has 18 heavy (non-hydrogen) atoms. The highest BCUT2D eigenvalue weighted by Crippen LogP contribution is 2.26. The van der Waals surface area contributed by atoms with Crippen molar-refractivity contribution in [2.45, 2.75) is 45.0 Å². The second kappa shape index (κ2) is 6.21. The van der Waals surface area contributed by atoms with Gasteiger partial charge in [0.1, 0.15) is 0 Å². The maximum Gasteiger partial charge on any atom is 0.0233 e. The van der Waals surface area contributed by atoms with E-state index in [1.165, 1.54) is 42.6 Å². The Morgan fingerprint density at radius 3 is 2.22 bits per heavy atom. The zero-order valence-electron chi connectivity index (χ0n) is 11.7. The Morgan fingerprint density at radius 2 is 1.72 bits per heavy atom. The number of hydrogen-bond acceptors (Lipinski definition) is 1. The number of hydrogen-bond donors (Lipinski definition) is 0. The summed E-state index contributed by atoms with van der Waals surface area (Å²) >= 11 is 3.72. The number of rotatable bonds is 3. The summed E-state index contributed by atoms with van der Waals surface area (Å²) < 4.78 is 0. The average Bonchev–Trinajstić information content (AvgIpc) is 2.28. The molecule has 1 unspecified atom stereocenters. The predicted molar refractivity (Wildman–Crippen MR) is 82.3 cm³/mol. The molecular formula is C16H24BrN.